The zero-order valence-electron chi connectivity index (χ0n) is 12.5. The van der Waals surface area contributed by atoms with Gasteiger partial charge < -0.3 is 4.74 Å². The van der Waals surface area contributed by atoms with Gasteiger partial charge in [-0.2, -0.15) is 8.99 Å². The van der Waals surface area contributed by atoms with E-state index in [2.05, 4.69) is 14.8 Å². The molecule has 1 aromatic carbocycles. The fourth-order valence-electron chi connectivity index (χ4n) is 2.19. The Bertz CT molecular complexity index is 799. The Morgan fingerprint density at radius 2 is 2.04 bits per heavy atom. The molecule has 1 fully saturated rings. The smallest absolute Gasteiger partial charge is 0.435 e. The van der Waals surface area contributed by atoms with E-state index in [0.29, 0.717) is 0 Å². The van der Waals surface area contributed by atoms with Crippen molar-refractivity contribution >= 4 is 16.1 Å². The number of carbonyl (C=O) groups excluding carboxylic acids is 1. The molecular weight excluding hydrogens is 320 g/mol. The second kappa shape index (κ2) is 6.09. The highest BCUT2D eigenvalue weighted by atomic mass is 32.2. The molecular formula is C14H16N4O4S. The van der Waals surface area contributed by atoms with E-state index in [0.717, 1.165) is 29.4 Å². The Balaban J connectivity index is 1.89. The van der Waals surface area contributed by atoms with E-state index >= 15 is 0 Å². The van der Waals surface area contributed by atoms with Crippen molar-refractivity contribution in [3.8, 4) is 0 Å². The van der Waals surface area contributed by atoms with Crippen LogP contribution in [0.25, 0.3) is 0 Å². The lowest BCUT2D eigenvalue weighted by Crippen LogP contribution is -2.33. The molecule has 0 aliphatic heterocycles. The molecule has 9 heteroatoms. The van der Waals surface area contributed by atoms with Crippen molar-refractivity contribution in [2.24, 2.45) is 0 Å². The molecule has 0 amide bonds. The minimum absolute atomic E-state index is 0.0507. The average Bonchev–Trinajstić information content (AvgIpc) is 3.27. The van der Waals surface area contributed by atoms with Crippen LogP contribution in [0.15, 0.2) is 41.8 Å². The van der Waals surface area contributed by atoms with Gasteiger partial charge >= 0.3 is 6.09 Å². The highest BCUT2D eigenvalue weighted by molar-refractivity contribution is 7.89. The van der Waals surface area contributed by atoms with Gasteiger partial charge in [0.25, 0.3) is 15.2 Å². The number of methoxy groups -OCH3 is 1. The quantitative estimate of drug-likeness (QED) is 0.815. The third-order valence-corrected chi connectivity index (χ3v) is 5.20. The van der Waals surface area contributed by atoms with E-state index in [4.69, 9.17) is 0 Å². The number of sulfonamides is 1. The molecule has 122 valence electrons. The van der Waals surface area contributed by atoms with Crippen molar-refractivity contribution in [3.63, 3.8) is 0 Å². The van der Waals surface area contributed by atoms with Crippen LogP contribution in [0.4, 0.5) is 4.79 Å². The van der Waals surface area contributed by atoms with Gasteiger partial charge in [-0.15, -0.1) is 5.10 Å². The molecule has 0 N–H and O–H groups in total. The maximum atomic E-state index is 12.8. The van der Waals surface area contributed by atoms with Crippen LogP contribution in [0.2, 0.25) is 0 Å². The number of rotatable bonds is 5. The normalized spacial score (nSPS) is 14.9. The minimum Gasteiger partial charge on any atom is -0.451 e. The van der Waals surface area contributed by atoms with Crippen LogP contribution in [-0.4, -0.2) is 46.7 Å². The maximum absolute atomic E-state index is 12.8. The van der Waals surface area contributed by atoms with Crippen LogP contribution < -0.4 is 0 Å². The van der Waals surface area contributed by atoms with Crippen molar-refractivity contribution in [2.45, 2.75) is 30.6 Å². The van der Waals surface area contributed by atoms with Crippen LogP contribution >= 0.6 is 0 Å². The molecule has 1 aliphatic carbocycles. The summed E-state index contributed by atoms with van der Waals surface area (Å²) in [7, 11) is -2.69. The van der Waals surface area contributed by atoms with Gasteiger partial charge in [-0.05, 0) is 18.4 Å². The predicted molar refractivity (Wildman–Crippen MR) is 80.0 cm³/mol. The molecule has 0 bridgehead atoms. The molecule has 1 saturated carbocycles. The topological polar surface area (TPSA) is 94.4 Å². The monoisotopic (exact) mass is 336 g/mol. The van der Waals surface area contributed by atoms with Gasteiger partial charge in [0, 0.05) is 12.6 Å². The summed E-state index contributed by atoms with van der Waals surface area (Å²) in [6.45, 7) is 0.251. The highest BCUT2D eigenvalue weighted by Gasteiger charge is 2.40. The highest BCUT2D eigenvalue weighted by Crippen LogP contribution is 2.32. The second-order valence-corrected chi connectivity index (χ2v) is 6.99. The largest absolute Gasteiger partial charge is 0.451 e. The van der Waals surface area contributed by atoms with E-state index < -0.39 is 21.3 Å². The van der Waals surface area contributed by atoms with Crippen LogP contribution in [0.5, 0.6) is 0 Å². The Morgan fingerprint density at radius 1 is 1.35 bits per heavy atom. The van der Waals surface area contributed by atoms with Crippen molar-refractivity contribution in [1.29, 1.82) is 0 Å². The molecule has 23 heavy (non-hydrogen) atoms. The molecule has 0 spiro atoms. The van der Waals surface area contributed by atoms with Gasteiger partial charge in [-0.25, -0.2) is 18.2 Å². The van der Waals surface area contributed by atoms with E-state index in [9.17, 15) is 13.2 Å². The van der Waals surface area contributed by atoms with Gasteiger partial charge in [0.1, 0.15) is 6.33 Å². The molecule has 1 aliphatic rings. The Labute approximate surface area is 133 Å². The molecule has 1 heterocycles. The van der Waals surface area contributed by atoms with Gasteiger partial charge in [-0.3, -0.25) is 0 Å². The molecule has 0 unspecified atom stereocenters. The van der Waals surface area contributed by atoms with Crippen LogP contribution in [0.3, 0.4) is 0 Å². The summed E-state index contributed by atoms with van der Waals surface area (Å²) in [6.07, 6.45) is 1.86. The summed E-state index contributed by atoms with van der Waals surface area (Å²) in [5.41, 5.74) is 0.885. The lowest BCUT2D eigenvalue weighted by Gasteiger charge is -2.20. The summed E-state index contributed by atoms with van der Waals surface area (Å²) in [5, 5.41) is 3.33. The van der Waals surface area contributed by atoms with Crippen LogP contribution in [0.1, 0.15) is 18.4 Å². The molecule has 0 radical (unpaired) electrons. The number of ether oxygens (including phenoxy) is 1. The fourth-order valence-corrected chi connectivity index (χ4v) is 3.69. The lowest BCUT2D eigenvalue weighted by atomic mass is 10.2. The van der Waals surface area contributed by atoms with Gasteiger partial charge in [-0.1, -0.05) is 30.3 Å². The Hall–Kier alpha value is -2.26. The van der Waals surface area contributed by atoms with Crippen LogP contribution in [-0.2, 0) is 21.3 Å². The molecule has 0 saturated heterocycles. The number of nitrogens with zero attached hydrogens (tertiary/aromatic N) is 4. The first-order chi connectivity index (χ1) is 11.0. The first kappa shape index (κ1) is 15.6. The average molecular weight is 336 g/mol. The summed E-state index contributed by atoms with van der Waals surface area (Å²) in [6, 6.07) is 9.27. The number of carbonyl (C=O) groups is 1. The third-order valence-electron chi connectivity index (χ3n) is 3.51. The predicted octanol–water partition coefficient (Wildman–Crippen LogP) is 1.25. The van der Waals surface area contributed by atoms with E-state index in [-0.39, 0.29) is 12.6 Å². The molecule has 3 rings (SSSR count). The zero-order valence-corrected chi connectivity index (χ0v) is 13.3. The second-order valence-electron chi connectivity index (χ2n) is 5.21. The minimum atomic E-state index is -3.87. The molecule has 2 aromatic rings. The maximum Gasteiger partial charge on any atom is 0.435 e. The number of aromatic nitrogens is 3. The number of hydrogen-bond acceptors (Lipinski definition) is 6. The molecule has 8 nitrogen and oxygen atoms in total. The lowest BCUT2D eigenvalue weighted by molar-refractivity contribution is 0.168. The summed E-state index contributed by atoms with van der Waals surface area (Å²) < 4.78 is 32.2. The molecule has 0 atom stereocenters. The molecule has 1 aromatic heterocycles. The Kier molecular flexibility index (Phi) is 4.14. The van der Waals surface area contributed by atoms with Gasteiger partial charge in [0.05, 0.1) is 7.11 Å². The van der Waals surface area contributed by atoms with Crippen molar-refractivity contribution in [3.05, 3.63) is 42.2 Å². The van der Waals surface area contributed by atoms with Gasteiger partial charge in [0.15, 0.2) is 0 Å². The fraction of sp³-hybridized carbons (Fsp3) is 0.357. The first-order valence-electron chi connectivity index (χ1n) is 7.08. The zero-order chi connectivity index (χ0) is 16.4. The van der Waals surface area contributed by atoms with Crippen LogP contribution in [0, 0.1) is 0 Å². The van der Waals surface area contributed by atoms with Crippen molar-refractivity contribution in [2.75, 3.05) is 7.11 Å². The number of hydrogen-bond donors (Lipinski definition) is 0. The summed E-state index contributed by atoms with van der Waals surface area (Å²) in [4.78, 5) is 15.1. The van der Waals surface area contributed by atoms with E-state index in [1.807, 2.05) is 30.3 Å². The standard InChI is InChI=1S/C14H16N4O4S/c1-22-14(19)17-10-15-13(16-17)23(20,21)18(12-7-8-12)9-11-5-3-2-4-6-11/h2-6,10,12H,7-9H2,1H3. The number of benzene rings is 1. The summed E-state index contributed by atoms with van der Waals surface area (Å²) >= 11 is 0. The van der Waals surface area contributed by atoms with Crippen molar-refractivity contribution in [1.82, 2.24) is 19.1 Å². The Morgan fingerprint density at radius 3 is 2.65 bits per heavy atom. The van der Waals surface area contributed by atoms with E-state index in [1.165, 1.54) is 11.4 Å². The van der Waals surface area contributed by atoms with E-state index in [1.54, 1.807) is 0 Å². The summed E-state index contributed by atoms with van der Waals surface area (Å²) in [5.74, 6) is 0. The third kappa shape index (κ3) is 3.25. The van der Waals surface area contributed by atoms with Gasteiger partial charge in [0.2, 0.25) is 0 Å². The van der Waals surface area contributed by atoms with Crippen molar-refractivity contribution < 1.29 is 17.9 Å². The first-order valence-corrected chi connectivity index (χ1v) is 8.52. The SMILES string of the molecule is COC(=O)n1cnc(S(=O)(=O)N(Cc2ccccc2)C2CC2)n1.